The molecule has 0 saturated heterocycles. The van der Waals surface area contributed by atoms with E-state index < -0.39 is 23.5 Å². The number of ketones is 1. The fraction of sp³-hybridized carbons (Fsp3) is 0.158. The number of aromatic nitrogens is 2. The number of Topliss-reactive ketones (excluding diaryl/α,β-unsaturated/α-hetero) is 1. The van der Waals surface area contributed by atoms with E-state index in [4.69, 9.17) is 16.0 Å². The molecule has 1 aliphatic rings. The molecule has 1 amide bonds. The van der Waals surface area contributed by atoms with E-state index in [0.717, 1.165) is 0 Å². The molecule has 0 unspecified atom stereocenters. The first-order chi connectivity index (χ1) is 13.9. The number of carbonyl (C=O) groups excluding carboxylic acids is 2. The zero-order chi connectivity index (χ0) is 20.7. The van der Waals surface area contributed by atoms with Crippen molar-refractivity contribution in [2.75, 3.05) is 11.2 Å². The zero-order valence-electron chi connectivity index (χ0n) is 15.2. The molecule has 7 nitrogen and oxygen atoms in total. The first-order valence-corrected chi connectivity index (χ1v) is 10.8. The number of halogens is 1. The summed E-state index contributed by atoms with van der Waals surface area (Å²) in [4.78, 5) is 27.4. The molecule has 0 bridgehead atoms. The maximum Gasteiger partial charge on any atom is 0.296 e. The predicted molar refractivity (Wildman–Crippen MR) is 111 cm³/mol. The predicted octanol–water partition coefficient (Wildman–Crippen LogP) is 4.60. The molecule has 0 saturated carbocycles. The summed E-state index contributed by atoms with van der Waals surface area (Å²) in [7, 11) is 0. The highest BCUT2D eigenvalue weighted by atomic mass is 35.5. The number of amides is 1. The van der Waals surface area contributed by atoms with Crippen LogP contribution in [0.25, 0.3) is 0 Å². The molecule has 0 spiro atoms. The van der Waals surface area contributed by atoms with Crippen molar-refractivity contribution in [3.8, 4) is 0 Å². The molecule has 0 fully saturated rings. The minimum atomic E-state index is -0.889. The third kappa shape index (κ3) is 3.45. The maximum atomic E-state index is 13.2. The van der Waals surface area contributed by atoms with Gasteiger partial charge in [-0.1, -0.05) is 46.8 Å². The van der Waals surface area contributed by atoms with Crippen LogP contribution in [0.1, 0.15) is 27.9 Å². The van der Waals surface area contributed by atoms with E-state index in [-0.39, 0.29) is 16.5 Å². The summed E-state index contributed by atoms with van der Waals surface area (Å²) < 4.78 is 6.09. The van der Waals surface area contributed by atoms with Crippen molar-refractivity contribution in [2.45, 2.75) is 17.3 Å². The Balaban J connectivity index is 1.86. The molecule has 0 aliphatic carbocycles. The van der Waals surface area contributed by atoms with Crippen LogP contribution in [0.2, 0.25) is 5.02 Å². The van der Waals surface area contributed by atoms with Gasteiger partial charge in [-0.05, 0) is 43.0 Å². The molecular weight excluding hydrogens is 434 g/mol. The first-order valence-electron chi connectivity index (χ1n) is 8.41. The van der Waals surface area contributed by atoms with Crippen molar-refractivity contribution >= 4 is 51.5 Å². The monoisotopic (exact) mass is 447 g/mol. The molecule has 4 rings (SSSR count). The number of aliphatic hydroxyl groups excluding tert-OH is 1. The summed E-state index contributed by atoms with van der Waals surface area (Å²) in [6.45, 7) is 1.71. The molecule has 29 heavy (non-hydrogen) atoms. The van der Waals surface area contributed by atoms with Crippen LogP contribution in [0.15, 0.2) is 56.5 Å². The molecule has 2 aromatic heterocycles. The Kier molecular flexibility index (Phi) is 5.20. The number of benzene rings is 1. The molecule has 1 N–H and O–H groups in total. The molecular formula is C19H14ClN3O4S2. The van der Waals surface area contributed by atoms with Crippen LogP contribution in [0.3, 0.4) is 0 Å². The summed E-state index contributed by atoms with van der Waals surface area (Å²) in [6.07, 6.45) is 1.84. The van der Waals surface area contributed by atoms with E-state index >= 15 is 0 Å². The van der Waals surface area contributed by atoms with Gasteiger partial charge in [0.05, 0.1) is 11.6 Å². The normalized spacial score (nSPS) is 16.7. The summed E-state index contributed by atoms with van der Waals surface area (Å²) in [5.41, 5.74) is 0.520. The Bertz CT molecular complexity index is 1140. The highest BCUT2D eigenvalue weighted by Crippen LogP contribution is 2.43. The summed E-state index contributed by atoms with van der Waals surface area (Å²) in [5, 5.41) is 19.5. The van der Waals surface area contributed by atoms with E-state index in [1.807, 2.05) is 6.26 Å². The van der Waals surface area contributed by atoms with E-state index in [9.17, 15) is 14.7 Å². The topological polar surface area (TPSA) is 96.5 Å². The lowest BCUT2D eigenvalue weighted by molar-refractivity contribution is -0.117. The number of anilines is 1. The summed E-state index contributed by atoms with van der Waals surface area (Å²) in [5.74, 6) is -1.34. The Morgan fingerprint density at radius 1 is 1.24 bits per heavy atom. The molecule has 10 heteroatoms. The van der Waals surface area contributed by atoms with Crippen LogP contribution in [0.5, 0.6) is 0 Å². The number of hydrogen-bond donors (Lipinski definition) is 1. The van der Waals surface area contributed by atoms with Crippen LogP contribution >= 0.6 is 34.7 Å². The molecule has 3 aromatic rings. The Labute approximate surface area is 179 Å². The van der Waals surface area contributed by atoms with Crippen LogP contribution in [-0.4, -0.2) is 33.3 Å². The number of nitrogens with zero attached hydrogens (tertiary/aromatic N) is 3. The third-order valence-electron chi connectivity index (χ3n) is 4.38. The largest absolute Gasteiger partial charge is 0.503 e. The quantitative estimate of drug-likeness (QED) is 0.347. The number of aryl methyl sites for hydroxylation is 1. The molecule has 0 radical (unpaired) electrons. The van der Waals surface area contributed by atoms with Crippen molar-refractivity contribution in [2.24, 2.45) is 0 Å². The Morgan fingerprint density at radius 3 is 2.55 bits per heavy atom. The third-order valence-corrected chi connectivity index (χ3v) is 6.53. The van der Waals surface area contributed by atoms with Gasteiger partial charge in [0.1, 0.15) is 5.76 Å². The highest BCUT2D eigenvalue weighted by Gasteiger charge is 2.46. The number of thioether (sulfide) groups is 1. The van der Waals surface area contributed by atoms with E-state index in [2.05, 4.69) is 10.2 Å². The lowest BCUT2D eigenvalue weighted by Crippen LogP contribution is -2.31. The second kappa shape index (κ2) is 7.66. The van der Waals surface area contributed by atoms with Gasteiger partial charge in [0, 0.05) is 5.02 Å². The average molecular weight is 448 g/mol. The maximum absolute atomic E-state index is 13.2. The standard InChI is InChI=1S/C19H14ClN3O4S2/c1-9-3-8-12(27-9)15(24)13-14(10-4-6-11(20)7-5-10)23(17(26)16(13)25)18-21-22-19(28-2)29-18/h3-8,14,25H,1-2H3/t14-/m1/s1. The van der Waals surface area contributed by atoms with Crippen molar-refractivity contribution in [3.05, 3.63) is 69.8 Å². The summed E-state index contributed by atoms with van der Waals surface area (Å²) >= 11 is 8.59. The van der Waals surface area contributed by atoms with Crippen LogP contribution in [0, 0.1) is 6.92 Å². The van der Waals surface area contributed by atoms with Gasteiger partial charge in [-0.3, -0.25) is 14.5 Å². The second-order valence-electron chi connectivity index (χ2n) is 6.19. The van der Waals surface area contributed by atoms with Crippen molar-refractivity contribution in [3.63, 3.8) is 0 Å². The van der Waals surface area contributed by atoms with Gasteiger partial charge in [0.2, 0.25) is 10.9 Å². The SMILES string of the molecule is CSc1nnc(N2C(=O)C(O)=C(C(=O)c3ccc(C)o3)[C@H]2c2ccc(Cl)cc2)s1. The Hall–Kier alpha value is -2.62. The number of rotatable bonds is 5. The fourth-order valence-electron chi connectivity index (χ4n) is 3.07. The van der Waals surface area contributed by atoms with Gasteiger partial charge in [0.15, 0.2) is 15.9 Å². The summed E-state index contributed by atoms with van der Waals surface area (Å²) in [6, 6.07) is 8.97. The van der Waals surface area contributed by atoms with Crippen molar-refractivity contribution < 1.29 is 19.1 Å². The molecule has 1 aliphatic heterocycles. The van der Waals surface area contributed by atoms with Crippen LogP contribution < -0.4 is 4.90 Å². The van der Waals surface area contributed by atoms with Crippen LogP contribution in [0.4, 0.5) is 5.13 Å². The smallest absolute Gasteiger partial charge is 0.296 e. The van der Waals surface area contributed by atoms with Gasteiger partial charge in [-0.2, -0.15) is 0 Å². The first kappa shape index (κ1) is 19.7. The second-order valence-corrected chi connectivity index (χ2v) is 8.63. The van der Waals surface area contributed by atoms with E-state index in [1.54, 1.807) is 37.3 Å². The molecule has 1 aromatic carbocycles. The lowest BCUT2D eigenvalue weighted by atomic mass is 9.95. The van der Waals surface area contributed by atoms with Crippen LogP contribution in [-0.2, 0) is 4.79 Å². The molecule has 148 valence electrons. The number of hydrogen-bond acceptors (Lipinski definition) is 8. The average Bonchev–Trinajstić information content (AvgIpc) is 3.41. The van der Waals surface area contributed by atoms with Crippen molar-refractivity contribution in [1.82, 2.24) is 10.2 Å². The lowest BCUT2D eigenvalue weighted by Gasteiger charge is -2.23. The van der Waals surface area contributed by atoms with Gasteiger partial charge >= 0.3 is 0 Å². The molecule has 1 atom stereocenters. The van der Waals surface area contributed by atoms with Gasteiger partial charge in [0.25, 0.3) is 5.91 Å². The highest BCUT2D eigenvalue weighted by molar-refractivity contribution is 8.00. The minimum Gasteiger partial charge on any atom is -0.503 e. The Morgan fingerprint density at radius 2 is 1.97 bits per heavy atom. The van der Waals surface area contributed by atoms with Gasteiger partial charge < -0.3 is 9.52 Å². The van der Waals surface area contributed by atoms with Crippen molar-refractivity contribution in [1.29, 1.82) is 0 Å². The van der Waals surface area contributed by atoms with Gasteiger partial charge in [-0.25, -0.2) is 0 Å². The zero-order valence-corrected chi connectivity index (χ0v) is 17.6. The fourth-order valence-corrected chi connectivity index (χ4v) is 4.48. The number of furan rings is 1. The van der Waals surface area contributed by atoms with E-state index in [1.165, 1.54) is 34.1 Å². The number of carbonyl (C=O) groups is 2. The van der Waals surface area contributed by atoms with E-state index in [0.29, 0.717) is 20.7 Å². The number of aliphatic hydroxyl groups is 1. The van der Waals surface area contributed by atoms with Gasteiger partial charge in [-0.15, -0.1) is 10.2 Å². The molecule has 3 heterocycles. The minimum absolute atomic E-state index is 0.0414.